The molecule has 100 valence electrons. The highest BCUT2D eigenvalue weighted by Crippen LogP contribution is 2.23. The van der Waals surface area contributed by atoms with Gasteiger partial charge in [-0.2, -0.15) is 0 Å². The number of aromatic nitrogens is 2. The van der Waals surface area contributed by atoms with Crippen LogP contribution >= 0.6 is 11.3 Å². The van der Waals surface area contributed by atoms with E-state index in [4.69, 9.17) is 0 Å². The van der Waals surface area contributed by atoms with Crippen LogP contribution in [0.25, 0.3) is 10.2 Å². The number of carbonyl (C=O) groups is 1. The van der Waals surface area contributed by atoms with Crippen molar-refractivity contribution in [3.63, 3.8) is 0 Å². The number of likely N-dealkylation sites (tertiary alicyclic amines) is 1. The van der Waals surface area contributed by atoms with E-state index in [1.165, 1.54) is 11.3 Å². The highest BCUT2D eigenvalue weighted by atomic mass is 32.1. The van der Waals surface area contributed by atoms with Gasteiger partial charge in [0.15, 0.2) is 0 Å². The summed E-state index contributed by atoms with van der Waals surface area (Å²) in [5.41, 5.74) is 0.989. The average molecular weight is 277 g/mol. The molecule has 0 spiro atoms. The monoisotopic (exact) mass is 277 g/mol. The normalized spacial score (nSPS) is 20.2. The summed E-state index contributed by atoms with van der Waals surface area (Å²) in [5.74, 6) is 0.144. The Balaban J connectivity index is 2.06. The third-order valence-electron chi connectivity index (χ3n) is 3.70. The van der Waals surface area contributed by atoms with Gasteiger partial charge in [0.2, 0.25) is 5.91 Å². The number of aryl methyl sites for hydroxylation is 1. The first-order valence-electron chi connectivity index (χ1n) is 6.27. The van der Waals surface area contributed by atoms with Crippen molar-refractivity contribution in [2.45, 2.75) is 25.8 Å². The predicted molar refractivity (Wildman–Crippen MR) is 74.5 cm³/mol. The van der Waals surface area contributed by atoms with Crippen LogP contribution in [-0.4, -0.2) is 34.0 Å². The third-order valence-corrected chi connectivity index (χ3v) is 4.70. The average Bonchev–Trinajstić information content (AvgIpc) is 2.76. The number of nitrogens with zero attached hydrogens (tertiary/aromatic N) is 3. The molecule has 1 aliphatic heterocycles. The SMILES string of the molecule is Cc1csc2ncn([C@@H]3CCC(=O)N(C)C3)c(=O)c12. The lowest BCUT2D eigenvalue weighted by Gasteiger charge is -2.30. The zero-order valence-corrected chi connectivity index (χ0v) is 11.7. The molecule has 1 saturated heterocycles. The summed E-state index contributed by atoms with van der Waals surface area (Å²) in [5, 5.41) is 2.67. The Morgan fingerprint density at radius 1 is 1.42 bits per heavy atom. The zero-order valence-electron chi connectivity index (χ0n) is 10.9. The molecule has 2 aromatic rings. The second-order valence-corrected chi connectivity index (χ2v) is 5.88. The summed E-state index contributed by atoms with van der Waals surface area (Å²) < 4.78 is 1.69. The molecule has 0 radical (unpaired) electrons. The van der Waals surface area contributed by atoms with E-state index in [1.54, 1.807) is 22.8 Å². The van der Waals surface area contributed by atoms with Crippen LogP contribution in [0.4, 0.5) is 0 Å². The Hall–Kier alpha value is -1.69. The van der Waals surface area contributed by atoms with Crippen LogP contribution < -0.4 is 5.56 Å². The Bertz CT molecular complexity index is 703. The molecule has 1 fully saturated rings. The molecular weight excluding hydrogens is 262 g/mol. The van der Waals surface area contributed by atoms with E-state index in [2.05, 4.69) is 4.98 Å². The molecule has 19 heavy (non-hydrogen) atoms. The van der Waals surface area contributed by atoms with Crippen molar-refractivity contribution in [1.82, 2.24) is 14.5 Å². The van der Waals surface area contributed by atoms with E-state index >= 15 is 0 Å². The molecule has 2 aromatic heterocycles. The molecular formula is C13H15N3O2S. The molecule has 0 bridgehead atoms. The maximum atomic E-state index is 12.5. The van der Waals surface area contributed by atoms with Crippen molar-refractivity contribution in [3.8, 4) is 0 Å². The molecule has 0 saturated carbocycles. The van der Waals surface area contributed by atoms with Crippen molar-refractivity contribution in [3.05, 3.63) is 27.6 Å². The van der Waals surface area contributed by atoms with E-state index in [0.29, 0.717) is 24.8 Å². The molecule has 0 unspecified atom stereocenters. The predicted octanol–water partition coefficient (Wildman–Crippen LogP) is 1.56. The van der Waals surface area contributed by atoms with Gasteiger partial charge in [0.05, 0.1) is 17.8 Å². The summed E-state index contributed by atoms with van der Waals surface area (Å²) in [4.78, 5) is 30.9. The fourth-order valence-electron chi connectivity index (χ4n) is 2.56. The van der Waals surface area contributed by atoms with E-state index < -0.39 is 0 Å². The van der Waals surface area contributed by atoms with Crippen LogP contribution in [-0.2, 0) is 4.79 Å². The van der Waals surface area contributed by atoms with Gasteiger partial charge in [-0.15, -0.1) is 11.3 Å². The lowest BCUT2D eigenvalue weighted by molar-refractivity contribution is -0.132. The summed E-state index contributed by atoms with van der Waals surface area (Å²) in [6.07, 6.45) is 2.82. The Kier molecular flexibility index (Phi) is 2.89. The van der Waals surface area contributed by atoms with Crippen molar-refractivity contribution in [1.29, 1.82) is 0 Å². The van der Waals surface area contributed by atoms with Crippen molar-refractivity contribution in [2.24, 2.45) is 0 Å². The van der Waals surface area contributed by atoms with E-state index in [-0.39, 0.29) is 17.5 Å². The van der Waals surface area contributed by atoms with Crippen LogP contribution in [0, 0.1) is 6.92 Å². The van der Waals surface area contributed by atoms with E-state index in [0.717, 1.165) is 10.4 Å². The zero-order chi connectivity index (χ0) is 13.6. The maximum absolute atomic E-state index is 12.5. The number of rotatable bonds is 1. The van der Waals surface area contributed by atoms with Gasteiger partial charge >= 0.3 is 0 Å². The highest BCUT2D eigenvalue weighted by molar-refractivity contribution is 7.16. The largest absolute Gasteiger partial charge is 0.344 e. The number of hydrogen-bond donors (Lipinski definition) is 0. The summed E-state index contributed by atoms with van der Waals surface area (Å²) in [6, 6.07) is 0.0337. The van der Waals surface area contributed by atoms with Gasteiger partial charge < -0.3 is 4.90 Å². The van der Waals surface area contributed by atoms with Gasteiger partial charge in [-0.3, -0.25) is 14.2 Å². The van der Waals surface area contributed by atoms with E-state index in [9.17, 15) is 9.59 Å². The van der Waals surface area contributed by atoms with Gasteiger partial charge in [-0.1, -0.05) is 0 Å². The number of thiophene rings is 1. The first-order chi connectivity index (χ1) is 9.08. The molecule has 5 nitrogen and oxygen atoms in total. The fourth-order valence-corrected chi connectivity index (χ4v) is 3.44. The van der Waals surface area contributed by atoms with Gasteiger partial charge in [0, 0.05) is 20.0 Å². The number of carbonyl (C=O) groups excluding carboxylic acids is 1. The summed E-state index contributed by atoms with van der Waals surface area (Å²) >= 11 is 1.50. The topological polar surface area (TPSA) is 55.2 Å². The Labute approximate surface area is 114 Å². The molecule has 0 aliphatic carbocycles. The van der Waals surface area contributed by atoms with E-state index in [1.807, 2.05) is 12.3 Å². The van der Waals surface area contributed by atoms with Gasteiger partial charge in [-0.25, -0.2) is 4.98 Å². The number of fused-ring (bicyclic) bond motifs is 1. The molecule has 3 rings (SSSR count). The van der Waals surface area contributed by atoms with Crippen LogP contribution in [0.1, 0.15) is 24.4 Å². The van der Waals surface area contributed by atoms with Gasteiger partial charge in [0.1, 0.15) is 4.83 Å². The van der Waals surface area contributed by atoms with Gasteiger partial charge in [0.25, 0.3) is 5.56 Å². The molecule has 6 heteroatoms. The second-order valence-electron chi connectivity index (χ2n) is 5.02. The Morgan fingerprint density at radius 3 is 2.95 bits per heavy atom. The van der Waals surface area contributed by atoms with Crippen molar-refractivity contribution in [2.75, 3.05) is 13.6 Å². The molecule has 0 N–H and O–H groups in total. The Morgan fingerprint density at radius 2 is 2.21 bits per heavy atom. The van der Waals surface area contributed by atoms with Crippen LogP contribution in [0.2, 0.25) is 0 Å². The first-order valence-corrected chi connectivity index (χ1v) is 7.15. The second kappa shape index (κ2) is 4.45. The molecule has 1 aliphatic rings. The minimum absolute atomic E-state index is 0.0106. The van der Waals surface area contributed by atoms with Crippen molar-refractivity contribution < 1.29 is 4.79 Å². The smallest absolute Gasteiger partial charge is 0.262 e. The molecule has 1 atom stereocenters. The van der Waals surface area contributed by atoms with Gasteiger partial charge in [-0.05, 0) is 24.3 Å². The summed E-state index contributed by atoms with van der Waals surface area (Å²) in [7, 11) is 1.78. The molecule has 1 amide bonds. The molecule has 3 heterocycles. The lowest BCUT2D eigenvalue weighted by Crippen LogP contribution is -2.40. The number of likely N-dealkylation sites (N-methyl/N-ethyl adjacent to an activating group) is 1. The van der Waals surface area contributed by atoms with Crippen LogP contribution in [0.3, 0.4) is 0 Å². The minimum Gasteiger partial charge on any atom is -0.344 e. The number of piperidine rings is 1. The van der Waals surface area contributed by atoms with Crippen LogP contribution in [0.5, 0.6) is 0 Å². The maximum Gasteiger partial charge on any atom is 0.262 e. The quantitative estimate of drug-likeness (QED) is 0.795. The third kappa shape index (κ3) is 1.96. The van der Waals surface area contributed by atoms with Crippen LogP contribution in [0.15, 0.2) is 16.5 Å². The number of hydrogen-bond acceptors (Lipinski definition) is 4. The lowest BCUT2D eigenvalue weighted by atomic mass is 10.1. The standard InChI is InChI=1S/C13H15N3O2S/c1-8-6-19-12-11(8)13(18)16(7-14-12)9-3-4-10(17)15(2)5-9/h6-7,9H,3-5H2,1-2H3/t9-/m1/s1. The molecule has 0 aromatic carbocycles. The fraction of sp³-hybridized carbons (Fsp3) is 0.462. The first kappa shape index (κ1) is 12.3. The van der Waals surface area contributed by atoms with Crippen molar-refractivity contribution >= 4 is 27.5 Å². The highest BCUT2D eigenvalue weighted by Gasteiger charge is 2.25. The number of amides is 1. The minimum atomic E-state index is 0.0106. The summed E-state index contributed by atoms with van der Waals surface area (Å²) in [6.45, 7) is 2.51.